The zero-order valence-corrected chi connectivity index (χ0v) is 19.1. The van der Waals surface area contributed by atoms with Gasteiger partial charge in [-0.15, -0.1) is 0 Å². The lowest BCUT2D eigenvalue weighted by Crippen LogP contribution is -2.30. The van der Waals surface area contributed by atoms with Gasteiger partial charge in [0, 0.05) is 13.2 Å². The fourth-order valence-corrected chi connectivity index (χ4v) is 3.29. The van der Waals surface area contributed by atoms with Gasteiger partial charge in [-0.25, -0.2) is 0 Å². The minimum Gasteiger partial charge on any atom is -0.379 e. The first-order valence-electron chi connectivity index (χ1n) is 10.5. The lowest BCUT2D eigenvalue weighted by atomic mass is 10.1. The molecule has 0 bridgehead atoms. The van der Waals surface area contributed by atoms with Crippen LogP contribution in [0.2, 0.25) is 0 Å². The van der Waals surface area contributed by atoms with Crippen LogP contribution >= 0.6 is 0 Å². The third-order valence-corrected chi connectivity index (χ3v) is 5.03. The summed E-state index contributed by atoms with van der Waals surface area (Å²) in [7, 11) is -3.42. The number of hydrogen-bond acceptors (Lipinski definition) is 9. The van der Waals surface area contributed by atoms with Crippen LogP contribution in [-0.2, 0) is 33.2 Å². The van der Waals surface area contributed by atoms with Crippen molar-refractivity contribution in [1.29, 1.82) is 0 Å². The molecule has 0 aromatic heterocycles. The number of carbonyl (C=O) groups is 2. The van der Waals surface area contributed by atoms with Gasteiger partial charge in [0.2, 0.25) is 0 Å². The maximum Gasteiger partial charge on any atom is 0.264 e. The summed E-state index contributed by atoms with van der Waals surface area (Å²) in [6.45, 7) is 3.57. The van der Waals surface area contributed by atoms with E-state index in [1.165, 1.54) is 4.90 Å². The van der Waals surface area contributed by atoms with Crippen molar-refractivity contribution in [1.82, 2.24) is 4.90 Å². The molecule has 0 atom stereocenters. The quantitative estimate of drug-likeness (QED) is 0.175. The predicted molar refractivity (Wildman–Crippen MR) is 115 cm³/mol. The number of imide groups is 1. The fourth-order valence-electron chi connectivity index (χ4n) is 2.92. The zero-order chi connectivity index (χ0) is 23.2. The van der Waals surface area contributed by atoms with Crippen LogP contribution in [0.5, 0.6) is 0 Å². The van der Waals surface area contributed by atoms with Gasteiger partial charge in [0.15, 0.2) is 0 Å². The van der Waals surface area contributed by atoms with Crippen molar-refractivity contribution in [2.24, 2.45) is 0 Å². The van der Waals surface area contributed by atoms with Gasteiger partial charge in [-0.2, -0.15) is 8.42 Å². The van der Waals surface area contributed by atoms with E-state index in [-0.39, 0.29) is 25.0 Å². The van der Waals surface area contributed by atoms with Crippen LogP contribution in [0.4, 0.5) is 0 Å². The van der Waals surface area contributed by atoms with Gasteiger partial charge in [0.1, 0.15) is 0 Å². The normalized spacial score (nSPS) is 13.7. The molecule has 2 rings (SSSR count). The summed E-state index contributed by atoms with van der Waals surface area (Å²) in [4.78, 5) is 25.8. The number of ether oxygens (including phenoxy) is 4. The molecule has 0 N–H and O–H groups in total. The third-order valence-electron chi connectivity index (χ3n) is 4.44. The fraction of sp³-hybridized carbons (Fsp3) is 0.619. The van der Waals surface area contributed by atoms with Crippen molar-refractivity contribution < 1.29 is 41.1 Å². The van der Waals surface area contributed by atoms with E-state index in [1.807, 2.05) is 0 Å². The Balaban J connectivity index is 1.34. The molecule has 0 fully saturated rings. The molecule has 1 heterocycles. The minimum absolute atomic E-state index is 0.00921. The molecule has 1 aliphatic heterocycles. The first kappa shape index (κ1) is 26.4. The molecule has 32 heavy (non-hydrogen) atoms. The van der Waals surface area contributed by atoms with Gasteiger partial charge >= 0.3 is 0 Å². The number of carbonyl (C=O) groups excluding carboxylic acids is 2. The van der Waals surface area contributed by atoms with Crippen molar-refractivity contribution in [2.45, 2.75) is 12.8 Å². The summed E-state index contributed by atoms with van der Waals surface area (Å²) >= 11 is 0. The Hall–Kier alpha value is -1.89. The highest BCUT2D eigenvalue weighted by Gasteiger charge is 2.34. The summed E-state index contributed by atoms with van der Waals surface area (Å²) in [6, 6.07) is 6.87. The lowest BCUT2D eigenvalue weighted by molar-refractivity contribution is -0.00472. The van der Waals surface area contributed by atoms with E-state index in [0.29, 0.717) is 70.3 Å². The second-order valence-corrected chi connectivity index (χ2v) is 8.63. The predicted octanol–water partition coefficient (Wildman–Crippen LogP) is 1.11. The zero-order valence-electron chi connectivity index (χ0n) is 18.3. The van der Waals surface area contributed by atoms with Crippen molar-refractivity contribution in [3.63, 3.8) is 0 Å². The standard InChI is InChI=1S/C21H31NO9S/c1-32(25,26)31-17-16-30-15-14-29-13-12-28-11-10-27-9-5-4-8-22-20(23)18-6-2-3-7-19(18)21(22)24/h2-3,6-7H,4-5,8-17H2,1H3. The molecular formula is C21H31NO9S. The molecule has 0 radical (unpaired) electrons. The number of amides is 2. The molecule has 0 unspecified atom stereocenters. The van der Waals surface area contributed by atoms with Crippen LogP contribution in [0.25, 0.3) is 0 Å². The highest BCUT2D eigenvalue weighted by Crippen LogP contribution is 2.22. The summed E-state index contributed by atoms with van der Waals surface area (Å²) in [6.07, 6.45) is 2.41. The molecule has 0 saturated heterocycles. The number of rotatable bonds is 18. The first-order valence-corrected chi connectivity index (χ1v) is 12.3. The molecule has 0 saturated carbocycles. The highest BCUT2D eigenvalue weighted by atomic mass is 32.2. The van der Waals surface area contributed by atoms with Crippen LogP contribution in [0.1, 0.15) is 33.6 Å². The Morgan fingerprint density at radius 1 is 0.688 bits per heavy atom. The Bertz CT molecular complexity index is 793. The van der Waals surface area contributed by atoms with Crippen LogP contribution in [0.15, 0.2) is 24.3 Å². The van der Waals surface area contributed by atoms with Crippen molar-refractivity contribution >= 4 is 21.9 Å². The maximum absolute atomic E-state index is 12.2. The largest absolute Gasteiger partial charge is 0.379 e. The topological polar surface area (TPSA) is 118 Å². The van der Waals surface area contributed by atoms with Crippen LogP contribution in [-0.4, -0.2) is 97.4 Å². The van der Waals surface area contributed by atoms with Gasteiger partial charge in [-0.05, 0) is 25.0 Å². The van der Waals surface area contributed by atoms with Gasteiger partial charge in [0.25, 0.3) is 21.9 Å². The van der Waals surface area contributed by atoms with E-state index in [2.05, 4.69) is 4.18 Å². The maximum atomic E-state index is 12.2. The SMILES string of the molecule is CS(=O)(=O)OCCOCCOCCOCCOCCCCN1C(=O)c2ccccc2C1=O. The van der Waals surface area contributed by atoms with Crippen molar-refractivity contribution in [3.05, 3.63) is 35.4 Å². The second-order valence-electron chi connectivity index (χ2n) is 6.99. The van der Waals surface area contributed by atoms with Crippen molar-refractivity contribution in [2.75, 3.05) is 72.3 Å². The van der Waals surface area contributed by atoms with Gasteiger partial charge in [-0.3, -0.25) is 18.7 Å². The van der Waals surface area contributed by atoms with Crippen LogP contribution < -0.4 is 0 Å². The summed E-state index contributed by atoms with van der Waals surface area (Å²) in [5.74, 6) is -0.454. The molecule has 0 spiro atoms. The average Bonchev–Trinajstić information content (AvgIpc) is 3.00. The molecule has 2 amide bonds. The summed E-state index contributed by atoms with van der Waals surface area (Å²) < 4.78 is 47.4. The Labute approximate surface area is 188 Å². The van der Waals surface area contributed by atoms with E-state index < -0.39 is 10.1 Å². The number of nitrogens with zero attached hydrogens (tertiary/aromatic N) is 1. The Morgan fingerprint density at radius 3 is 1.59 bits per heavy atom. The van der Waals surface area contributed by atoms with E-state index in [1.54, 1.807) is 24.3 Å². The molecule has 0 aliphatic carbocycles. The summed E-state index contributed by atoms with van der Waals surface area (Å²) in [5, 5.41) is 0. The van der Waals surface area contributed by atoms with Gasteiger partial charge in [0.05, 0.1) is 70.2 Å². The number of benzene rings is 1. The number of fused-ring (bicyclic) bond motifs is 1. The molecule has 180 valence electrons. The molecule has 10 nitrogen and oxygen atoms in total. The monoisotopic (exact) mass is 473 g/mol. The van der Waals surface area contributed by atoms with E-state index in [0.717, 1.165) is 12.7 Å². The van der Waals surface area contributed by atoms with Gasteiger partial charge < -0.3 is 18.9 Å². The number of unbranched alkanes of at least 4 members (excludes halogenated alkanes) is 1. The molecule has 1 aromatic rings. The first-order chi connectivity index (χ1) is 15.4. The Morgan fingerprint density at radius 2 is 1.12 bits per heavy atom. The third kappa shape index (κ3) is 9.72. The number of hydrogen-bond donors (Lipinski definition) is 0. The second kappa shape index (κ2) is 14.3. The van der Waals surface area contributed by atoms with Gasteiger partial charge in [-0.1, -0.05) is 12.1 Å². The van der Waals surface area contributed by atoms with E-state index in [9.17, 15) is 18.0 Å². The summed E-state index contributed by atoms with van der Waals surface area (Å²) in [5.41, 5.74) is 0.947. The van der Waals surface area contributed by atoms with E-state index in [4.69, 9.17) is 18.9 Å². The highest BCUT2D eigenvalue weighted by molar-refractivity contribution is 7.85. The van der Waals surface area contributed by atoms with Crippen LogP contribution in [0.3, 0.4) is 0 Å². The lowest BCUT2D eigenvalue weighted by Gasteiger charge is -2.13. The Kier molecular flexibility index (Phi) is 11.8. The molecule has 1 aliphatic rings. The van der Waals surface area contributed by atoms with Crippen molar-refractivity contribution in [3.8, 4) is 0 Å². The minimum atomic E-state index is -3.42. The van der Waals surface area contributed by atoms with E-state index >= 15 is 0 Å². The smallest absolute Gasteiger partial charge is 0.264 e. The molecule has 11 heteroatoms. The van der Waals surface area contributed by atoms with Crippen LogP contribution in [0, 0.1) is 0 Å². The molecule has 1 aromatic carbocycles. The average molecular weight is 474 g/mol. The molecular weight excluding hydrogens is 442 g/mol.